The van der Waals surface area contributed by atoms with Gasteiger partial charge in [-0.05, 0) is 34.9 Å². The van der Waals surface area contributed by atoms with E-state index in [1.54, 1.807) is 6.07 Å². The van der Waals surface area contributed by atoms with E-state index in [-0.39, 0.29) is 29.8 Å². The summed E-state index contributed by atoms with van der Waals surface area (Å²) in [6, 6.07) is 10.1. The number of thiophene rings is 1. The molecule has 0 fully saturated rings. The third-order valence-electron chi connectivity index (χ3n) is 4.76. The lowest BCUT2D eigenvalue weighted by Crippen LogP contribution is -2.33. The van der Waals surface area contributed by atoms with Crippen molar-refractivity contribution in [1.29, 1.82) is 0 Å². The average molecular weight is 384 g/mol. The molecule has 0 spiro atoms. The van der Waals surface area contributed by atoms with Gasteiger partial charge in [0, 0.05) is 13.0 Å². The molecule has 6 heteroatoms. The topological polar surface area (TPSA) is 64.0 Å². The van der Waals surface area contributed by atoms with Gasteiger partial charge in [0.15, 0.2) is 0 Å². The van der Waals surface area contributed by atoms with Crippen LogP contribution in [0.4, 0.5) is 0 Å². The fraction of sp³-hybridized carbons (Fsp3) is 0.381. The summed E-state index contributed by atoms with van der Waals surface area (Å²) in [6.45, 7) is 6.64. The van der Waals surface area contributed by atoms with Gasteiger partial charge < -0.3 is 5.32 Å². The molecule has 5 nitrogen and oxygen atoms in total. The molecule has 0 radical (unpaired) electrons. The predicted molar refractivity (Wildman–Crippen MR) is 110 cm³/mol. The highest BCUT2D eigenvalue weighted by Crippen LogP contribution is 2.22. The van der Waals surface area contributed by atoms with Crippen LogP contribution < -0.4 is 10.9 Å². The smallest absolute Gasteiger partial charge is 0.262 e. The Balaban J connectivity index is 1.66. The van der Waals surface area contributed by atoms with Gasteiger partial charge >= 0.3 is 0 Å². The van der Waals surface area contributed by atoms with E-state index in [1.807, 2.05) is 5.38 Å². The Bertz CT molecular complexity index is 973. The zero-order valence-corrected chi connectivity index (χ0v) is 16.8. The minimum absolute atomic E-state index is 0.0439. The van der Waals surface area contributed by atoms with Crippen molar-refractivity contribution in [3.05, 3.63) is 63.5 Å². The Morgan fingerprint density at radius 3 is 2.63 bits per heavy atom. The number of carbonyl (C=O) groups is 1. The Labute approximate surface area is 163 Å². The Morgan fingerprint density at radius 1 is 1.22 bits per heavy atom. The van der Waals surface area contributed by atoms with Crippen LogP contribution in [-0.2, 0) is 17.8 Å². The SMILES string of the molecule is CCc1ccc([C@@H](NC(=O)CCn2cnc3sccc3c2=O)C(C)C)cc1. The molecule has 0 saturated heterocycles. The van der Waals surface area contributed by atoms with Crippen molar-refractivity contribution < 1.29 is 4.79 Å². The molecular formula is C21H25N3O2S. The molecule has 1 aromatic carbocycles. The van der Waals surface area contributed by atoms with E-state index in [0.717, 1.165) is 16.8 Å². The Kier molecular flexibility index (Phi) is 6.06. The lowest BCUT2D eigenvalue weighted by atomic mass is 9.94. The van der Waals surface area contributed by atoms with Crippen LogP contribution in [0.15, 0.2) is 46.8 Å². The van der Waals surface area contributed by atoms with E-state index in [9.17, 15) is 9.59 Å². The maximum Gasteiger partial charge on any atom is 0.262 e. The number of carbonyl (C=O) groups excluding carboxylic acids is 1. The summed E-state index contributed by atoms with van der Waals surface area (Å²) in [5, 5.41) is 5.58. The molecule has 0 aliphatic heterocycles. The van der Waals surface area contributed by atoms with E-state index in [0.29, 0.717) is 11.9 Å². The predicted octanol–water partition coefficient (Wildman–Crippen LogP) is 3.92. The van der Waals surface area contributed by atoms with Crippen LogP contribution in [0.2, 0.25) is 0 Å². The fourth-order valence-corrected chi connectivity index (χ4v) is 3.84. The molecule has 0 aliphatic rings. The molecule has 1 amide bonds. The highest BCUT2D eigenvalue weighted by atomic mass is 32.1. The van der Waals surface area contributed by atoms with Crippen LogP contribution >= 0.6 is 11.3 Å². The molecule has 3 aromatic rings. The van der Waals surface area contributed by atoms with Crippen LogP contribution in [0.3, 0.4) is 0 Å². The highest BCUT2D eigenvalue weighted by Gasteiger charge is 2.18. The largest absolute Gasteiger partial charge is 0.349 e. The summed E-state index contributed by atoms with van der Waals surface area (Å²) < 4.78 is 1.51. The first-order valence-electron chi connectivity index (χ1n) is 9.30. The van der Waals surface area contributed by atoms with Crippen LogP contribution in [0.25, 0.3) is 10.2 Å². The first-order valence-corrected chi connectivity index (χ1v) is 10.2. The molecule has 142 valence electrons. The van der Waals surface area contributed by atoms with Crippen molar-refractivity contribution in [3.63, 3.8) is 0 Å². The number of amides is 1. The van der Waals surface area contributed by atoms with Gasteiger partial charge in [0.1, 0.15) is 4.83 Å². The molecule has 0 saturated carbocycles. The number of aryl methyl sites for hydroxylation is 2. The number of rotatable bonds is 7. The second kappa shape index (κ2) is 8.48. The van der Waals surface area contributed by atoms with Crippen LogP contribution in [-0.4, -0.2) is 15.5 Å². The van der Waals surface area contributed by atoms with Crippen molar-refractivity contribution >= 4 is 27.5 Å². The average Bonchev–Trinajstić information content (AvgIpc) is 3.15. The van der Waals surface area contributed by atoms with E-state index < -0.39 is 0 Å². The maximum atomic E-state index is 12.5. The summed E-state index contributed by atoms with van der Waals surface area (Å²) in [6.07, 6.45) is 2.77. The summed E-state index contributed by atoms with van der Waals surface area (Å²) in [4.78, 5) is 29.9. The molecule has 1 N–H and O–H groups in total. The molecule has 0 aliphatic carbocycles. The van der Waals surface area contributed by atoms with Crippen molar-refractivity contribution in [2.45, 2.75) is 46.2 Å². The number of benzene rings is 1. The number of nitrogens with one attached hydrogen (secondary N) is 1. The van der Waals surface area contributed by atoms with Crippen molar-refractivity contribution in [2.24, 2.45) is 5.92 Å². The molecule has 2 aromatic heterocycles. The third-order valence-corrected chi connectivity index (χ3v) is 5.58. The van der Waals surface area contributed by atoms with Crippen LogP contribution in [0.5, 0.6) is 0 Å². The zero-order chi connectivity index (χ0) is 19.4. The molecule has 1 atom stereocenters. The summed E-state index contributed by atoms with van der Waals surface area (Å²) >= 11 is 1.44. The zero-order valence-electron chi connectivity index (χ0n) is 15.9. The number of hydrogen-bond acceptors (Lipinski definition) is 4. The Hall–Kier alpha value is -2.47. The number of hydrogen-bond donors (Lipinski definition) is 1. The number of fused-ring (bicyclic) bond motifs is 1. The fourth-order valence-electron chi connectivity index (χ4n) is 3.12. The summed E-state index contributed by atoms with van der Waals surface area (Å²) in [7, 11) is 0. The monoisotopic (exact) mass is 383 g/mol. The van der Waals surface area contributed by atoms with E-state index >= 15 is 0 Å². The molecular weight excluding hydrogens is 358 g/mol. The number of nitrogens with zero attached hydrogens (tertiary/aromatic N) is 2. The highest BCUT2D eigenvalue weighted by molar-refractivity contribution is 7.16. The van der Waals surface area contributed by atoms with Gasteiger partial charge in [-0.1, -0.05) is 45.0 Å². The van der Waals surface area contributed by atoms with Crippen molar-refractivity contribution in [3.8, 4) is 0 Å². The van der Waals surface area contributed by atoms with Gasteiger partial charge in [0.2, 0.25) is 5.91 Å². The maximum absolute atomic E-state index is 12.5. The van der Waals surface area contributed by atoms with Gasteiger partial charge in [0.25, 0.3) is 5.56 Å². The lowest BCUT2D eigenvalue weighted by Gasteiger charge is -2.23. The Morgan fingerprint density at radius 2 is 1.96 bits per heavy atom. The van der Waals surface area contributed by atoms with E-state index in [1.165, 1.54) is 27.8 Å². The molecule has 27 heavy (non-hydrogen) atoms. The second-order valence-corrected chi connectivity index (χ2v) is 7.91. The van der Waals surface area contributed by atoms with Gasteiger partial charge in [-0.2, -0.15) is 0 Å². The second-order valence-electron chi connectivity index (χ2n) is 7.02. The van der Waals surface area contributed by atoms with Gasteiger partial charge in [-0.25, -0.2) is 4.98 Å². The first kappa shape index (κ1) is 19.3. The van der Waals surface area contributed by atoms with E-state index in [2.05, 4.69) is 55.3 Å². The molecule has 3 rings (SSSR count). The van der Waals surface area contributed by atoms with Crippen LogP contribution in [0.1, 0.15) is 44.4 Å². The third kappa shape index (κ3) is 4.45. The lowest BCUT2D eigenvalue weighted by molar-refractivity contribution is -0.122. The van der Waals surface area contributed by atoms with Gasteiger partial charge in [0.05, 0.1) is 17.8 Å². The quantitative estimate of drug-likeness (QED) is 0.672. The first-order chi connectivity index (χ1) is 13.0. The molecule has 0 unspecified atom stereocenters. The van der Waals surface area contributed by atoms with Gasteiger partial charge in [-0.15, -0.1) is 11.3 Å². The summed E-state index contributed by atoms with van der Waals surface area (Å²) in [5.41, 5.74) is 2.29. The van der Waals surface area contributed by atoms with Crippen LogP contribution in [0, 0.1) is 5.92 Å². The van der Waals surface area contributed by atoms with Crippen molar-refractivity contribution in [2.75, 3.05) is 0 Å². The standard InChI is InChI=1S/C21H25N3O2S/c1-4-15-5-7-16(8-6-15)19(14(2)3)23-18(25)9-11-24-13-22-20-17(21(24)26)10-12-27-20/h5-8,10,12-14,19H,4,9,11H2,1-3H3,(H,23,25)/t19-/m0/s1. The normalized spacial score (nSPS) is 12.4. The van der Waals surface area contributed by atoms with Gasteiger partial charge in [-0.3, -0.25) is 14.2 Å². The molecule has 2 heterocycles. The minimum atomic E-state index is -0.0930. The van der Waals surface area contributed by atoms with Crippen molar-refractivity contribution in [1.82, 2.24) is 14.9 Å². The number of aromatic nitrogens is 2. The minimum Gasteiger partial charge on any atom is -0.349 e. The summed E-state index contributed by atoms with van der Waals surface area (Å²) in [5.74, 6) is 0.207. The molecule has 0 bridgehead atoms. The van der Waals surface area contributed by atoms with E-state index in [4.69, 9.17) is 0 Å².